The third kappa shape index (κ3) is 5.22. The number of fused-ring (bicyclic) bond motifs is 1. The summed E-state index contributed by atoms with van der Waals surface area (Å²) < 4.78 is 0. The van der Waals surface area contributed by atoms with E-state index in [1.54, 1.807) is 54.6 Å². The van der Waals surface area contributed by atoms with Crippen LogP contribution in [0.1, 0.15) is 15.9 Å². The van der Waals surface area contributed by atoms with E-state index in [0.717, 1.165) is 11.6 Å². The minimum Gasteiger partial charge on any atom is -0.322 e. The van der Waals surface area contributed by atoms with E-state index >= 15 is 0 Å². The molecule has 0 aliphatic heterocycles. The third-order valence-corrected chi connectivity index (χ3v) is 4.81. The highest BCUT2D eigenvalue weighted by Crippen LogP contribution is 2.17. The average molecular weight is 453 g/mol. The Bertz CT molecular complexity index is 1460. The molecule has 4 rings (SSSR count). The van der Waals surface area contributed by atoms with Gasteiger partial charge in [-0.1, -0.05) is 48.5 Å². The maximum atomic E-state index is 12.6. The van der Waals surface area contributed by atoms with Gasteiger partial charge in [0.15, 0.2) is 0 Å². The van der Waals surface area contributed by atoms with Crippen LogP contribution in [0.4, 0.5) is 11.4 Å². The van der Waals surface area contributed by atoms with Crippen molar-refractivity contribution >= 4 is 46.2 Å². The van der Waals surface area contributed by atoms with Gasteiger partial charge in [-0.05, 0) is 41.8 Å². The minimum absolute atomic E-state index is 0.158. The second-order valence-electron chi connectivity index (χ2n) is 7.16. The number of nitrogens with one attached hydrogen (secondary N) is 4. The van der Waals surface area contributed by atoms with Crippen molar-refractivity contribution in [3.63, 3.8) is 0 Å². The lowest BCUT2D eigenvalue weighted by molar-refractivity contribution is -0.136. The first-order valence-corrected chi connectivity index (χ1v) is 10.2. The van der Waals surface area contributed by atoms with Crippen molar-refractivity contribution in [2.45, 2.75) is 0 Å². The summed E-state index contributed by atoms with van der Waals surface area (Å²) in [5.41, 5.74) is 3.50. The number of carbonyl (C=O) groups is 3. The van der Waals surface area contributed by atoms with Gasteiger partial charge in [-0.15, -0.1) is 0 Å². The van der Waals surface area contributed by atoms with Crippen molar-refractivity contribution in [2.75, 3.05) is 10.6 Å². The molecule has 0 saturated carbocycles. The second-order valence-corrected chi connectivity index (χ2v) is 7.16. The monoisotopic (exact) mass is 453 g/mol. The van der Waals surface area contributed by atoms with E-state index in [-0.39, 0.29) is 22.4 Å². The van der Waals surface area contributed by atoms with E-state index in [4.69, 9.17) is 0 Å². The number of carbonyl (C=O) groups excluding carboxylic acids is 3. The van der Waals surface area contributed by atoms with Gasteiger partial charge < -0.3 is 15.6 Å². The van der Waals surface area contributed by atoms with Gasteiger partial charge in [0, 0.05) is 11.2 Å². The zero-order valence-electron chi connectivity index (χ0n) is 17.7. The minimum atomic E-state index is -1.06. The molecule has 4 N–H and O–H groups in total. The Balaban J connectivity index is 1.41. The van der Waals surface area contributed by atoms with Crippen molar-refractivity contribution in [2.24, 2.45) is 5.10 Å². The highest BCUT2D eigenvalue weighted by Gasteiger charge is 2.17. The normalized spacial score (nSPS) is 10.7. The fourth-order valence-electron chi connectivity index (χ4n) is 3.16. The van der Waals surface area contributed by atoms with Gasteiger partial charge in [0.05, 0.1) is 23.0 Å². The van der Waals surface area contributed by atoms with Crippen molar-refractivity contribution in [3.8, 4) is 0 Å². The van der Waals surface area contributed by atoms with Crippen LogP contribution in [0.3, 0.4) is 0 Å². The lowest BCUT2D eigenvalue weighted by Crippen LogP contribution is -2.33. The molecule has 0 spiro atoms. The van der Waals surface area contributed by atoms with Crippen LogP contribution in [0.5, 0.6) is 0 Å². The molecular formula is C25H19N5O4. The number of hydrogen-bond acceptors (Lipinski definition) is 5. The Labute approximate surface area is 193 Å². The average Bonchev–Trinajstić information content (AvgIpc) is 2.85. The zero-order chi connectivity index (χ0) is 23.9. The maximum absolute atomic E-state index is 12.6. The van der Waals surface area contributed by atoms with E-state index in [1.807, 2.05) is 18.2 Å². The van der Waals surface area contributed by atoms with Crippen LogP contribution >= 0.6 is 0 Å². The fourth-order valence-corrected chi connectivity index (χ4v) is 3.16. The largest absolute Gasteiger partial charge is 0.329 e. The highest BCUT2D eigenvalue weighted by atomic mass is 16.2. The quantitative estimate of drug-likeness (QED) is 0.210. The first-order chi connectivity index (χ1) is 16.5. The Morgan fingerprint density at radius 2 is 1.50 bits per heavy atom. The number of anilines is 2. The van der Waals surface area contributed by atoms with Gasteiger partial charge >= 0.3 is 11.8 Å². The molecule has 3 amide bonds. The Morgan fingerprint density at radius 3 is 2.32 bits per heavy atom. The summed E-state index contributed by atoms with van der Waals surface area (Å²) in [6.07, 6.45) is 1.15. The van der Waals surface area contributed by atoms with Gasteiger partial charge in [0.1, 0.15) is 0 Å². The lowest BCUT2D eigenvalue weighted by atomic mass is 10.1. The summed E-state index contributed by atoms with van der Waals surface area (Å²) >= 11 is 0. The van der Waals surface area contributed by atoms with E-state index in [9.17, 15) is 19.2 Å². The molecule has 0 saturated heterocycles. The number of hydrogen-bond donors (Lipinski definition) is 4. The smallest absolute Gasteiger partial charge is 0.322 e. The summed E-state index contributed by atoms with van der Waals surface area (Å²) in [6, 6.07) is 23.9. The predicted molar refractivity (Wildman–Crippen MR) is 130 cm³/mol. The molecular weight excluding hydrogens is 434 g/mol. The molecule has 0 unspecified atom stereocenters. The molecule has 3 aromatic carbocycles. The molecule has 168 valence electrons. The first kappa shape index (κ1) is 22.2. The Morgan fingerprint density at radius 1 is 0.794 bits per heavy atom. The zero-order valence-corrected chi connectivity index (χ0v) is 17.7. The molecule has 0 aliphatic carbocycles. The van der Waals surface area contributed by atoms with E-state index < -0.39 is 17.7 Å². The number of aromatic amines is 1. The lowest BCUT2D eigenvalue weighted by Gasteiger charge is -2.11. The fraction of sp³-hybridized carbons (Fsp3) is 0. The summed E-state index contributed by atoms with van der Waals surface area (Å²) in [4.78, 5) is 52.0. The van der Waals surface area contributed by atoms with Gasteiger partial charge in [-0.2, -0.15) is 5.10 Å². The summed E-state index contributed by atoms with van der Waals surface area (Å²) in [6.45, 7) is 0. The number of aromatic nitrogens is 1. The number of benzene rings is 3. The van der Waals surface area contributed by atoms with Crippen LogP contribution in [0.25, 0.3) is 10.9 Å². The molecule has 34 heavy (non-hydrogen) atoms. The van der Waals surface area contributed by atoms with Gasteiger partial charge in [0.2, 0.25) is 0 Å². The van der Waals surface area contributed by atoms with Gasteiger partial charge in [-0.3, -0.25) is 19.2 Å². The molecule has 1 aromatic heterocycles. The molecule has 0 bridgehead atoms. The van der Waals surface area contributed by atoms with Crippen molar-refractivity contribution in [1.29, 1.82) is 0 Å². The van der Waals surface area contributed by atoms with Gasteiger partial charge in [0.25, 0.3) is 11.5 Å². The summed E-state index contributed by atoms with van der Waals surface area (Å²) in [5, 5.41) is 9.62. The number of pyridine rings is 1. The van der Waals surface area contributed by atoms with Crippen LogP contribution < -0.4 is 21.6 Å². The third-order valence-electron chi connectivity index (χ3n) is 4.81. The summed E-state index contributed by atoms with van der Waals surface area (Å²) in [5.74, 6) is -2.53. The SMILES string of the molecule is O=C(N/N=C/c1cc2ccccc2[nH]c1=O)C(=O)Nc1ccccc1C(=O)Nc1ccccc1. The van der Waals surface area contributed by atoms with Crippen molar-refractivity contribution < 1.29 is 14.4 Å². The summed E-state index contributed by atoms with van der Waals surface area (Å²) in [7, 11) is 0. The molecule has 9 nitrogen and oxygen atoms in total. The van der Waals surface area contributed by atoms with E-state index in [1.165, 1.54) is 12.1 Å². The molecule has 0 atom stereocenters. The molecule has 0 radical (unpaired) electrons. The maximum Gasteiger partial charge on any atom is 0.329 e. The number of hydrazone groups is 1. The van der Waals surface area contributed by atoms with Crippen molar-refractivity contribution in [3.05, 3.63) is 106 Å². The molecule has 0 fully saturated rings. The predicted octanol–water partition coefficient (Wildman–Crippen LogP) is 2.87. The molecule has 1 heterocycles. The van der Waals surface area contributed by atoms with Crippen molar-refractivity contribution in [1.82, 2.24) is 10.4 Å². The number of nitrogens with zero attached hydrogens (tertiary/aromatic N) is 1. The number of amides is 3. The van der Waals surface area contributed by atoms with Crippen LogP contribution in [-0.4, -0.2) is 28.9 Å². The Hall–Kier alpha value is -5.05. The van der Waals surface area contributed by atoms with Crippen LogP contribution in [0, 0.1) is 0 Å². The number of para-hydroxylation sites is 3. The number of H-pyrrole nitrogens is 1. The van der Waals surface area contributed by atoms with Crippen LogP contribution in [-0.2, 0) is 9.59 Å². The second kappa shape index (κ2) is 10.0. The van der Waals surface area contributed by atoms with Gasteiger partial charge in [-0.25, -0.2) is 5.43 Å². The Kier molecular flexibility index (Phi) is 6.55. The van der Waals surface area contributed by atoms with E-state index in [0.29, 0.717) is 11.2 Å². The van der Waals surface area contributed by atoms with Crippen LogP contribution in [0.15, 0.2) is 94.8 Å². The van der Waals surface area contributed by atoms with Crippen LogP contribution in [0.2, 0.25) is 0 Å². The van der Waals surface area contributed by atoms with E-state index in [2.05, 4.69) is 26.1 Å². The topological polar surface area (TPSA) is 133 Å². The standard InChI is InChI=1S/C25H19N5O4/c31-22-17(14-16-8-4-6-12-20(16)28-22)15-26-30-25(34)24(33)29-21-13-7-5-11-19(21)23(32)27-18-9-2-1-3-10-18/h1-15H,(H,27,32)(H,28,31)(H,29,33)(H,30,34)/b26-15+. The number of rotatable bonds is 5. The first-order valence-electron chi connectivity index (χ1n) is 10.2. The molecule has 0 aliphatic rings. The molecule has 9 heteroatoms. The molecule has 4 aromatic rings. The highest BCUT2D eigenvalue weighted by molar-refractivity contribution is 6.40.